The van der Waals surface area contributed by atoms with Crippen LogP contribution in [-0.4, -0.2) is 23.3 Å². The van der Waals surface area contributed by atoms with Crippen LogP contribution < -0.4 is 0 Å². The second kappa shape index (κ2) is 3.70. The second-order valence-corrected chi connectivity index (χ2v) is 6.22. The molecule has 98 valence electrons. The lowest BCUT2D eigenvalue weighted by atomic mass is 9.55. The summed E-state index contributed by atoms with van der Waals surface area (Å²) in [6.07, 6.45) is 4.18. The van der Waals surface area contributed by atoms with Gasteiger partial charge in [0, 0.05) is 22.8 Å². The Hall–Kier alpha value is -1.09. The zero-order chi connectivity index (χ0) is 13.1. The molecule has 3 heteroatoms. The van der Waals surface area contributed by atoms with E-state index in [2.05, 4.69) is 26.5 Å². The van der Waals surface area contributed by atoms with Gasteiger partial charge < -0.3 is 9.84 Å². The number of carbonyl (C=O) groups excluding carboxylic acids is 1. The van der Waals surface area contributed by atoms with E-state index in [9.17, 15) is 9.90 Å². The van der Waals surface area contributed by atoms with Gasteiger partial charge in [-0.15, -0.1) is 0 Å². The first kappa shape index (κ1) is 12.0. The van der Waals surface area contributed by atoms with E-state index in [1.54, 1.807) is 0 Å². The van der Waals surface area contributed by atoms with Crippen molar-refractivity contribution in [3.8, 4) is 0 Å². The Labute approximate surface area is 108 Å². The first-order valence-corrected chi connectivity index (χ1v) is 6.69. The van der Waals surface area contributed by atoms with Crippen LogP contribution in [0.1, 0.15) is 33.1 Å². The molecule has 0 aromatic rings. The van der Waals surface area contributed by atoms with Crippen LogP contribution in [0.4, 0.5) is 0 Å². The number of esters is 1. The van der Waals surface area contributed by atoms with Crippen molar-refractivity contribution < 1.29 is 14.6 Å². The predicted octanol–water partition coefficient (Wildman–Crippen LogP) is 2.21. The predicted molar refractivity (Wildman–Crippen MR) is 67.7 cm³/mol. The number of rotatable bonds is 0. The molecule has 0 bridgehead atoms. The Morgan fingerprint density at radius 3 is 3.00 bits per heavy atom. The lowest BCUT2D eigenvalue weighted by Crippen LogP contribution is -2.52. The maximum atomic E-state index is 11.7. The van der Waals surface area contributed by atoms with Gasteiger partial charge in [-0.3, -0.25) is 0 Å². The number of carbonyl (C=O) groups is 1. The van der Waals surface area contributed by atoms with Gasteiger partial charge in [-0.05, 0) is 26.2 Å². The van der Waals surface area contributed by atoms with E-state index < -0.39 is 0 Å². The third-order valence-electron chi connectivity index (χ3n) is 5.30. The Bertz CT molecular complexity index is 451. The van der Waals surface area contributed by atoms with Crippen molar-refractivity contribution in [1.29, 1.82) is 0 Å². The number of hydrogen-bond donors (Lipinski definition) is 1. The van der Waals surface area contributed by atoms with Gasteiger partial charge in [-0.25, -0.2) is 4.79 Å². The molecule has 0 aromatic carbocycles. The molecule has 1 saturated carbocycles. The second-order valence-electron chi connectivity index (χ2n) is 6.22. The highest BCUT2D eigenvalue weighted by molar-refractivity contribution is 5.91. The van der Waals surface area contributed by atoms with Gasteiger partial charge >= 0.3 is 5.97 Å². The largest absolute Gasteiger partial charge is 0.458 e. The molecule has 0 radical (unpaired) electrons. The van der Waals surface area contributed by atoms with Gasteiger partial charge in [0.2, 0.25) is 0 Å². The Morgan fingerprint density at radius 1 is 1.56 bits per heavy atom. The minimum absolute atomic E-state index is 0.116. The lowest BCUT2D eigenvalue weighted by molar-refractivity contribution is -0.149. The van der Waals surface area contributed by atoms with E-state index in [1.165, 1.54) is 5.57 Å². The van der Waals surface area contributed by atoms with Gasteiger partial charge in [-0.2, -0.15) is 0 Å². The fraction of sp³-hybridized carbons (Fsp3) is 0.667. The van der Waals surface area contributed by atoms with Crippen molar-refractivity contribution in [2.45, 2.75) is 45.3 Å². The standard InChI is InChI=1S/C15H20O3/c1-8-4-5-11(16)15(3)7-6-10-9(2)14(17)18-13(10)12(8)15/h4,10-13,16H,2,5-7H2,1,3H3/t10-,11+,12-,13-,15-/m0/s1. The third-order valence-corrected chi connectivity index (χ3v) is 5.30. The van der Waals surface area contributed by atoms with Crippen LogP contribution in [0.3, 0.4) is 0 Å². The zero-order valence-electron chi connectivity index (χ0n) is 11.0. The summed E-state index contributed by atoms with van der Waals surface area (Å²) in [6.45, 7) is 8.09. The smallest absolute Gasteiger partial charge is 0.334 e. The average molecular weight is 248 g/mol. The molecule has 2 fully saturated rings. The van der Waals surface area contributed by atoms with Crippen molar-refractivity contribution in [2.75, 3.05) is 0 Å². The van der Waals surface area contributed by atoms with E-state index in [4.69, 9.17) is 4.74 Å². The van der Waals surface area contributed by atoms with E-state index in [0.717, 1.165) is 12.8 Å². The molecule has 3 aliphatic rings. The monoisotopic (exact) mass is 248 g/mol. The molecule has 0 spiro atoms. The zero-order valence-corrected chi connectivity index (χ0v) is 11.0. The molecule has 5 atom stereocenters. The Balaban J connectivity index is 2.03. The molecular weight excluding hydrogens is 228 g/mol. The summed E-state index contributed by atoms with van der Waals surface area (Å²) < 4.78 is 5.54. The molecule has 1 aliphatic heterocycles. The van der Waals surface area contributed by atoms with Crippen LogP contribution in [0.25, 0.3) is 0 Å². The van der Waals surface area contributed by atoms with Crippen molar-refractivity contribution in [3.05, 3.63) is 23.8 Å². The topological polar surface area (TPSA) is 46.5 Å². The molecule has 3 nitrogen and oxygen atoms in total. The summed E-state index contributed by atoms with van der Waals surface area (Å²) in [7, 11) is 0. The Kier molecular flexibility index (Phi) is 2.46. The van der Waals surface area contributed by atoms with Crippen molar-refractivity contribution >= 4 is 5.97 Å². The molecule has 0 unspecified atom stereocenters. The minimum atomic E-state index is -0.334. The van der Waals surface area contributed by atoms with Gasteiger partial charge in [0.05, 0.1) is 6.10 Å². The molecule has 3 rings (SSSR count). The van der Waals surface area contributed by atoms with Crippen molar-refractivity contribution in [2.24, 2.45) is 17.3 Å². The van der Waals surface area contributed by atoms with E-state index in [0.29, 0.717) is 12.0 Å². The maximum Gasteiger partial charge on any atom is 0.334 e. The number of fused-ring (bicyclic) bond motifs is 3. The highest BCUT2D eigenvalue weighted by atomic mass is 16.6. The molecule has 1 heterocycles. The average Bonchev–Trinajstić information content (AvgIpc) is 2.60. The summed E-state index contributed by atoms with van der Waals surface area (Å²) in [4.78, 5) is 11.7. The molecule has 0 amide bonds. The molecule has 1 saturated heterocycles. The first-order chi connectivity index (χ1) is 8.45. The SMILES string of the molecule is C=C1C(=O)O[C@H]2[C@H]1CC[C@@]1(C)[C@H](O)CC=C(C)[C@@H]21. The highest BCUT2D eigenvalue weighted by Crippen LogP contribution is 2.56. The summed E-state index contributed by atoms with van der Waals surface area (Å²) in [5, 5.41) is 10.3. The van der Waals surface area contributed by atoms with Crippen LogP contribution in [0, 0.1) is 17.3 Å². The summed E-state index contributed by atoms with van der Waals surface area (Å²) in [5.74, 6) is 0.0366. The molecule has 0 aromatic heterocycles. The molecular formula is C15H20O3. The van der Waals surface area contributed by atoms with Crippen LogP contribution in [0.5, 0.6) is 0 Å². The molecule has 1 N–H and O–H groups in total. The first-order valence-electron chi connectivity index (χ1n) is 6.69. The van der Waals surface area contributed by atoms with Gasteiger partial charge in [0.1, 0.15) is 6.10 Å². The number of ether oxygens (including phenoxy) is 1. The minimum Gasteiger partial charge on any atom is -0.458 e. The van der Waals surface area contributed by atoms with E-state index in [-0.39, 0.29) is 35.4 Å². The highest BCUT2D eigenvalue weighted by Gasteiger charge is 2.57. The third kappa shape index (κ3) is 1.37. The van der Waals surface area contributed by atoms with E-state index >= 15 is 0 Å². The fourth-order valence-electron chi connectivity index (χ4n) is 4.11. The summed E-state index contributed by atoms with van der Waals surface area (Å²) >= 11 is 0. The number of hydrogen-bond acceptors (Lipinski definition) is 3. The normalized spacial score (nSPS) is 47.2. The van der Waals surface area contributed by atoms with Crippen LogP contribution in [0.2, 0.25) is 0 Å². The lowest BCUT2D eigenvalue weighted by Gasteiger charge is -2.51. The number of aliphatic hydroxyl groups is 1. The van der Waals surface area contributed by atoms with Crippen LogP contribution in [-0.2, 0) is 9.53 Å². The molecule has 18 heavy (non-hydrogen) atoms. The summed E-state index contributed by atoms with van der Waals surface area (Å²) in [5.41, 5.74) is 1.71. The van der Waals surface area contributed by atoms with Crippen molar-refractivity contribution in [1.82, 2.24) is 0 Å². The van der Waals surface area contributed by atoms with Crippen LogP contribution in [0.15, 0.2) is 23.8 Å². The quantitative estimate of drug-likeness (QED) is 0.406. The van der Waals surface area contributed by atoms with Gasteiger partial charge in [-0.1, -0.05) is 25.2 Å². The summed E-state index contributed by atoms with van der Waals surface area (Å²) in [6, 6.07) is 0. The van der Waals surface area contributed by atoms with E-state index in [1.807, 2.05) is 0 Å². The Morgan fingerprint density at radius 2 is 2.28 bits per heavy atom. The maximum absolute atomic E-state index is 11.7. The molecule has 2 aliphatic carbocycles. The fourth-order valence-corrected chi connectivity index (χ4v) is 4.11. The van der Waals surface area contributed by atoms with Gasteiger partial charge in [0.25, 0.3) is 0 Å². The number of aliphatic hydroxyl groups excluding tert-OH is 1. The van der Waals surface area contributed by atoms with Crippen molar-refractivity contribution in [3.63, 3.8) is 0 Å². The van der Waals surface area contributed by atoms with Gasteiger partial charge in [0.15, 0.2) is 0 Å². The van der Waals surface area contributed by atoms with Crippen LogP contribution >= 0.6 is 0 Å².